The van der Waals surface area contributed by atoms with Crippen LogP contribution in [0.25, 0.3) is 0 Å². The number of sulfone groups is 1. The second-order valence-electron chi connectivity index (χ2n) is 6.50. The molecule has 1 aliphatic rings. The predicted octanol–water partition coefficient (Wildman–Crippen LogP) is 1.77. The first-order valence-electron chi connectivity index (χ1n) is 8.58. The number of nitrogens with zero attached hydrogens (tertiary/aromatic N) is 2. The van der Waals surface area contributed by atoms with Gasteiger partial charge in [-0.1, -0.05) is 12.1 Å². The van der Waals surface area contributed by atoms with Gasteiger partial charge in [0.05, 0.1) is 11.5 Å². The number of amides is 2. The van der Waals surface area contributed by atoms with Gasteiger partial charge in [0.15, 0.2) is 9.84 Å². The fraction of sp³-hybridized carbons (Fsp3) is 0.556. The number of benzene rings is 1. The van der Waals surface area contributed by atoms with E-state index in [1.165, 1.54) is 11.8 Å². The number of rotatable bonds is 6. The quantitative estimate of drug-likeness (QED) is 0.769. The smallest absolute Gasteiger partial charge is 0.228 e. The maximum absolute atomic E-state index is 12.6. The average Bonchev–Trinajstić information content (AvgIpc) is 2.88. The highest BCUT2D eigenvalue weighted by Gasteiger charge is 2.33. The van der Waals surface area contributed by atoms with Gasteiger partial charge in [-0.3, -0.25) is 9.59 Å². The van der Waals surface area contributed by atoms with E-state index in [2.05, 4.69) is 0 Å². The summed E-state index contributed by atoms with van der Waals surface area (Å²) >= 11 is 0. The Morgan fingerprint density at radius 2 is 2.00 bits per heavy atom. The topological polar surface area (TPSA) is 74.8 Å². The molecule has 0 aromatic heterocycles. The van der Waals surface area contributed by atoms with Crippen molar-refractivity contribution >= 4 is 27.3 Å². The lowest BCUT2D eigenvalue weighted by atomic mass is 10.2. The Morgan fingerprint density at radius 1 is 1.28 bits per heavy atom. The van der Waals surface area contributed by atoms with E-state index in [4.69, 9.17) is 0 Å². The molecule has 1 aliphatic heterocycles. The van der Waals surface area contributed by atoms with Crippen LogP contribution in [0.3, 0.4) is 0 Å². The normalized spacial score (nSPS) is 18.8. The molecule has 2 amide bonds. The second-order valence-corrected chi connectivity index (χ2v) is 8.72. The molecule has 2 rings (SSSR count). The van der Waals surface area contributed by atoms with Gasteiger partial charge >= 0.3 is 0 Å². The molecular formula is C18H26N2O4S. The van der Waals surface area contributed by atoms with Crippen LogP contribution in [0.5, 0.6) is 0 Å². The zero-order valence-electron chi connectivity index (χ0n) is 15.1. The van der Waals surface area contributed by atoms with Gasteiger partial charge < -0.3 is 9.80 Å². The van der Waals surface area contributed by atoms with Gasteiger partial charge in [0.25, 0.3) is 0 Å². The van der Waals surface area contributed by atoms with Gasteiger partial charge in [0, 0.05) is 38.2 Å². The van der Waals surface area contributed by atoms with Crippen LogP contribution in [0.2, 0.25) is 0 Å². The van der Waals surface area contributed by atoms with Crippen LogP contribution in [-0.2, 0) is 19.4 Å². The lowest BCUT2D eigenvalue weighted by Gasteiger charge is -2.28. The van der Waals surface area contributed by atoms with Gasteiger partial charge in [0.1, 0.15) is 0 Å². The van der Waals surface area contributed by atoms with Gasteiger partial charge in [0.2, 0.25) is 11.8 Å². The number of carbonyl (C=O) groups is 2. The fourth-order valence-corrected chi connectivity index (χ4v) is 5.00. The van der Waals surface area contributed by atoms with Crippen molar-refractivity contribution in [3.63, 3.8) is 0 Å². The summed E-state index contributed by atoms with van der Waals surface area (Å²) in [6.45, 7) is 6.09. The van der Waals surface area contributed by atoms with Crippen molar-refractivity contribution in [1.29, 1.82) is 0 Å². The summed E-state index contributed by atoms with van der Waals surface area (Å²) < 4.78 is 23.3. The van der Waals surface area contributed by atoms with E-state index in [1.54, 1.807) is 4.90 Å². The molecule has 25 heavy (non-hydrogen) atoms. The summed E-state index contributed by atoms with van der Waals surface area (Å²) in [6.07, 6.45) is 0.628. The zero-order chi connectivity index (χ0) is 18.6. The highest BCUT2D eigenvalue weighted by Crippen LogP contribution is 2.20. The van der Waals surface area contributed by atoms with Crippen molar-refractivity contribution in [2.45, 2.75) is 39.7 Å². The molecule has 1 unspecified atom stereocenters. The van der Waals surface area contributed by atoms with Crippen LogP contribution in [0.15, 0.2) is 24.3 Å². The summed E-state index contributed by atoms with van der Waals surface area (Å²) in [5, 5.41) is 0. The van der Waals surface area contributed by atoms with E-state index in [9.17, 15) is 18.0 Å². The molecule has 0 N–H and O–H groups in total. The maximum atomic E-state index is 12.6. The van der Waals surface area contributed by atoms with E-state index < -0.39 is 9.84 Å². The van der Waals surface area contributed by atoms with E-state index in [0.29, 0.717) is 13.0 Å². The monoisotopic (exact) mass is 366 g/mol. The summed E-state index contributed by atoms with van der Waals surface area (Å²) in [5.41, 5.74) is 1.91. The highest BCUT2D eigenvalue weighted by molar-refractivity contribution is 7.91. The second kappa shape index (κ2) is 7.99. The molecular weight excluding hydrogens is 340 g/mol. The highest BCUT2D eigenvalue weighted by atomic mass is 32.2. The van der Waals surface area contributed by atoms with Crippen molar-refractivity contribution in [1.82, 2.24) is 4.90 Å². The van der Waals surface area contributed by atoms with Gasteiger partial charge in [-0.25, -0.2) is 8.42 Å². The predicted molar refractivity (Wildman–Crippen MR) is 98.3 cm³/mol. The van der Waals surface area contributed by atoms with Crippen LogP contribution in [-0.4, -0.2) is 55.8 Å². The van der Waals surface area contributed by atoms with Crippen molar-refractivity contribution < 1.29 is 18.0 Å². The van der Waals surface area contributed by atoms with Gasteiger partial charge in [-0.2, -0.15) is 0 Å². The minimum Gasteiger partial charge on any atom is -0.338 e. The Labute approximate surface area is 149 Å². The molecule has 0 saturated carbocycles. The van der Waals surface area contributed by atoms with Crippen LogP contribution in [0, 0.1) is 6.92 Å². The molecule has 0 radical (unpaired) electrons. The molecule has 1 atom stereocenters. The minimum atomic E-state index is -3.07. The largest absolute Gasteiger partial charge is 0.338 e. The first kappa shape index (κ1) is 19.4. The third kappa shape index (κ3) is 5.04. The lowest BCUT2D eigenvalue weighted by Crippen LogP contribution is -2.42. The van der Waals surface area contributed by atoms with Gasteiger partial charge in [-0.15, -0.1) is 0 Å². The van der Waals surface area contributed by atoms with E-state index >= 15 is 0 Å². The summed E-state index contributed by atoms with van der Waals surface area (Å²) in [6, 6.07) is 7.41. The molecule has 0 spiro atoms. The van der Waals surface area contributed by atoms with E-state index in [-0.39, 0.29) is 42.3 Å². The molecule has 1 aromatic rings. The first-order valence-corrected chi connectivity index (χ1v) is 10.4. The van der Waals surface area contributed by atoms with Crippen LogP contribution < -0.4 is 4.90 Å². The molecule has 138 valence electrons. The molecule has 6 nitrogen and oxygen atoms in total. The van der Waals surface area contributed by atoms with Gasteiger partial charge in [-0.05, 0) is 38.0 Å². The standard InChI is InChI=1S/C18H26N2O4S/c1-4-19(16-7-5-6-14(2)12-16)18(22)8-10-20(15(3)21)17-9-11-25(23,24)13-17/h5-7,12,17H,4,8-11,13H2,1-3H3. The number of carbonyl (C=O) groups excluding carboxylic acids is 2. The third-order valence-electron chi connectivity index (χ3n) is 4.55. The summed E-state index contributed by atoms with van der Waals surface area (Å²) in [7, 11) is -3.07. The van der Waals surface area contributed by atoms with Crippen molar-refractivity contribution in [3.8, 4) is 0 Å². The minimum absolute atomic E-state index is 0.00383. The van der Waals surface area contributed by atoms with E-state index in [1.807, 2.05) is 38.1 Å². The molecule has 0 bridgehead atoms. The Morgan fingerprint density at radius 3 is 2.52 bits per heavy atom. The SMILES string of the molecule is CCN(C(=O)CCN(C(C)=O)C1CCS(=O)(=O)C1)c1cccc(C)c1. The number of hydrogen-bond acceptors (Lipinski definition) is 4. The van der Waals surface area contributed by atoms with E-state index in [0.717, 1.165) is 11.3 Å². The lowest BCUT2D eigenvalue weighted by molar-refractivity contribution is -0.131. The maximum Gasteiger partial charge on any atom is 0.228 e. The molecule has 1 heterocycles. The van der Waals surface area contributed by atoms with Crippen molar-refractivity contribution in [3.05, 3.63) is 29.8 Å². The average molecular weight is 366 g/mol. The van der Waals surface area contributed by atoms with Crippen LogP contribution in [0.1, 0.15) is 32.3 Å². The Kier molecular flexibility index (Phi) is 6.21. The molecule has 1 aromatic carbocycles. The first-order chi connectivity index (χ1) is 11.7. The van der Waals surface area contributed by atoms with Crippen LogP contribution in [0.4, 0.5) is 5.69 Å². The Hall–Kier alpha value is -1.89. The summed E-state index contributed by atoms with van der Waals surface area (Å²) in [5.74, 6) is -0.149. The molecule has 7 heteroatoms. The number of hydrogen-bond donors (Lipinski definition) is 0. The third-order valence-corrected chi connectivity index (χ3v) is 6.30. The molecule has 0 aliphatic carbocycles. The zero-order valence-corrected chi connectivity index (χ0v) is 15.9. The fourth-order valence-electron chi connectivity index (χ4n) is 3.27. The summed E-state index contributed by atoms with van der Waals surface area (Å²) in [4.78, 5) is 27.8. The number of anilines is 1. The Bertz CT molecular complexity index is 745. The van der Waals surface area contributed by atoms with Crippen LogP contribution >= 0.6 is 0 Å². The molecule has 1 fully saturated rings. The Balaban J connectivity index is 2.04. The van der Waals surface area contributed by atoms with Crippen molar-refractivity contribution in [2.75, 3.05) is 29.5 Å². The number of aryl methyl sites for hydroxylation is 1. The molecule has 1 saturated heterocycles. The van der Waals surface area contributed by atoms with Crippen molar-refractivity contribution in [2.24, 2.45) is 0 Å².